The molecule has 1 saturated heterocycles. The number of anilines is 1. The van der Waals surface area contributed by atoms with Crippen LogP contribution < -0.4 is 4.90 Å². The molecule has 0 atom stereocenters. The molecule has 106 valence electrons. The number of allylic oxidation sites excluding steroid dienone is 3. The van der Waals surface area contributed by atoms with Crippen LogP contribution in [0.5, 0.6) is 0 Å². The molecule has 0 aromatic heterocycles. The van der Waals surface area contributed by atoms with Gasteiger partial charge in [0.1, 0.15) is 0 Å². The van der Waals surface area contributed by atoms with Gasteiger partial charge in [0.25, 0.3) is 0 Å². The molecule has 2 heteroatoms. The van der Waals surface area contributed by atoms with Crippen molar-refractivity contribution in [1.82, 2.24) is 4.90 Å². The summed E-state index contributed by atoms with van der Waals surface area (Å²) in [7, 11) is 0. The Hall–Kier alpha value is -1.96. The third-order valence-corrected chi connectivity index (χ3v) is 3.65. The van der Waals surface area contributed by atoms with Crippen molar-refractivity contribution in [1.29, 1.82) is 0 Å². The molecule has 0 aliphatic carbocycles. The minimum absolute atomic E-state index is 1.02. The van der Waals surface area contributed by atoms with Gasteiger partial charge in [-0.05, 0) is 32.1 Å². The summed E-state index contributed by atoms with van der Waals surface area (Å²) in [5.74, 6) is 0. The highest BCUT2D eigenvalue weighted by Gasteiger charge is 2.16. The summed E-state index contributed by atoms with van der Waals surface area (Å²) in [6.45, 7) is 16.3. The third-order valence-electron chi connectivity index (χ3n) is 3.65. The summed E-state index contributed by atoms with van der Waals surface area (Å²) >= 11 is 0. The fourth-order valence-electron chi connectivity index (χ4n) is 2.35. The van der Waals surface area contributed by atoms with Crippen molar-refractivity contribution in [2.24, 2.45) is 0 Å². The predicted octanol–water partition coefficient (Wildman–Crippen LogP) is 3.76. The zero-order valence-electron chi connectivity index (χ0n) is 12.6. The van der Waals surface area contributed by atoms with Gasteiger partial charge in [-0.15, -0.1) is 0 Å². The van der Waals surface area contributed by atoms with Gasteiger partial charge in [-0.3, -0.25) is 0 Å². The second-order valence-electron chi connectivity index (χ2n) is 5.48. The van der Waals surface area contributed by atoms with E-state index in [2.05, 4.69) is 60.2 Å². The lowest BCUT2D eigenvalue weighted by Crippen LogP contribution is -2.45. The average molecular weight is 268 g/mol. The van der Waals surface area contributed by atoms with E-state index in [1.165, 1.54) is 11.3 Å². The van der Waals surface area contributed by atoms with Gasteiger partial charge in [-0.2, -0.15) is 0 Å². The Morgan fingerprint density at radius 3 is 2.15 bits per heavy atom. The van der Waals surface area contributed by atoms with E-state index < -0.39 is 0 Å². The maximum atomic E-state index is 4.14. The van der Waals surface area contributed by atoms with Gasteiger partial charge in [0.15, 0.2) is 0 Å². The van der Waals surface area contributed by atoms with Crippen LogP contribution in [0.4, 0.5) is 5.69 Å². The molecule has 1 aliphatic rings. The highest BCUT2D eigenvalue weighted by atomic mass is 15.3. The molecule has 0 N–H and O–H groups in total. The molecule has 0 spiro atoms. The zero-order chi connectivity index (χ0) is 14.5. The van der Waals surface area contributed by atoms with E-state index in [4.69, 9.17) is 0 Å². The molecule has 1 heterocycles. The number of hydrogen-bond acceptors (Lipinski definition) is 2. The normalized spacial score (nSPS) is 15.7. The van der Waals surface area contributed by atoms with E-state index in [1.807, 2.05) is 13.0 Å². The third kappa shape index (κ3) is 3.77. The summed E-state index contributed by atoms with van der Waals surface area (Å²) < 4.78 is 0. The molecule has 20 heavy (non-hydrogen) atoms. The van der Waals surface area contributed by atoms with Crippen molar-refractivity contribution in [2.45, 2.75) is 13.8 Å². The molecule has 2 nitrogen and oxygen atoms in total. The Labute approximate surface area is 122 Å². The van der Waals surface area contributed by atoms with E-state index >= 15 is 0 Å². The van der Waals surface area contributed by atoms with Gasteiger partial charge >= 0.3 is 0 Å². The summed E-state index contributed by atoms with van der Waals surface area (Å²) in [6, 6.07) is 8.77. The molecule has 0 saturated carbocycles. The Balaban J connectivity index is 1.90. The first-order valence-corrected chi connectivity index (χ1v) is 7.15. The topological polar surface area (TPSA) is 6.48 Å². The number of aryl methyl sites for hydroxylation is 1. The second-order valence-corrected chi connectivity index (χ2v) is 5.48. The minimum atomic E-state index is 1.02. The lowest BCUT2D eigenvalue weighted by atomic mass is 10.2. The van der Waals surface area contributed by atoms with Crippen LogP contribution >= 0.6 is 0 Å². The van der Waals surface area contributed by atoms with E-state index in [0.717, 1.165) is 37.4 Å². The summed E-state index contributed by atoms with van der Waals surface area (Å²) in [5, 5.41) is 0. The van der Waals surface area contributed by atoms with Crippen LogP contribution in [0.25, 0.3) is 0 Å². The maximum Gasteiger partial charge on any atom is 0.0367 e. The lowest BCUT2D eigenvalue weighted by Gasteiger charge is -2.37. The molecular weight excluding hydrogens is 244 g/mol. The first kappa shape index (κ1) is 14.4. The summed E-state index contributed by atoms with van der Waals surface area (Å²) in [6.07, 6.45) is 4.08. The van der Waals surface area contributed by atoms with Gasteiger partial charge < -0.3 is 9.80 Å². The summed E-state index contributed by atoms with van der Waals surface area (Å²) in [5.41, 5.74) is 4.77. The van der Waals surface area contributed by atoms with Gasteiger partial charge in [-0.25, -0.2) is 0 Å². The number of nitrogens with zero attached hydrogens (tertiary/aromatic N) is 2. The van der Waals surface area contributed by atoms with Crippen molar-refractivity contribution < 1.29 is 0 Å². The number of hydrogen-bond donors (Lipinski definition) is 0. The molecule has 0 amide bonds. The van der Waals surface area contributed by atoms with E-state index in [9.17, 15) is 0 Å². The highest BCUT2D eigenvalue weighted by molar-refractivity contribution is 5.48. The standard InChI is InChI=1S/C18H24N2/c1-15(2)5-8-17(4)19-11-13-20(14-12-19)18-9-6-16(3)7-10-18/h5-10H,1,4,11-14H2,2-3H3/b8-5-. The SMILES string of the molecule is C=C(C)/C=C\C(=C)N1CCN(c2ccc(C)cc2)CC1. The van der Waals surface area contributed by atoms with Gasteiger partial charge in [0, 0.05) is 37.6 Å². The first-order valence-electron chi connectivity index (χ1n) is 7.15. The van der Waals surface area contributed by atoms with Crippen LogP contribution in [-0.4, -0.2) is 31.1 Å². The van der Waals surface area contributed by atoms with Gasteiger partial charge in [0.2, 0.25) is 0 Å². The quantitative estimate of drug-likeness (QED) is 0.767. The predicted molar refractivity (Wildman–Crippen MR) is 88.1 cm³/mol. The minimum Gasteiger partial charge on any atom is -0.368 e. The van der Waals surface area contributed by atoms with Crippen LogP contribution in [0.3, 0.4) is 0 Å². The molecule has 1 fully saturated rings. The van der Waals surface area contributed by atoms with Crippen LogP contribution in [0, 0.1) is 6.92 Å². The second kappa shape index (κ2) is 6.47. The highest BCUT2D eigenvalue weighted by Crippen LogP contribution is 2.18. The molecule has 0 unspecified atom stereocenters. The molecular formula is C18H24N2. The zero-order valence-corrected chi connectivity index (χ0v) is 12.6. The van der Waals surface area contributed by atoms with Gasteiger partial charge in [0.05, 0.1) is 0 Å². The van der Waals surface area contributed by atoms with Crippen molar-refractivity contribution in [2.75, 3.05) is 31.1 Å². The van der Waals surface area contributed by atoms with Crippen LogP contribution in [0.15, 0.2) is 60.8 Å². The fourth-order valence-corrected chi connectivity index (χ4v) is 2.35. The van der Waals surface area contributed by atoms with Crippen LogP contribution in [0.1, 0.15) is 12.5 Å². The first-order chi connectivity index (χ1) is 9.56. The number of piperazine rings is 1. The van der Waals surface area contributed by atoms with Crippen LogP contribution in [0.2, 0.25) is 0 Å². The van der Waals surface area contributed by atoms with Gasteiger partial charge in [-0.1, -0.05) is 42.5 Å². The smallest absolute Gasteiger partial charge is 0.0367 e. The molecule has 1 aromatic carbocycles. The van der Waals surface area contributed by atoms with E-state index in [1.54, 1.807) is 0 Å². The Kier molecular flexibility index (Phi) is 4.67. The molecule has 1 aromatic rings. The monoisotopic (exact) mass is 268 g/mol. The van der Waals surface area contributed by atoms with E-state index in [0.29, 0.717) is 0 Å². The molecule has 0 radical (unpaired) electrons. The Morgan fingerprint density at radius 1 is 1.00 bits per heavy atom. The van der Waals surface area contributed by atoms with Crippen LogP contribution in [-0.2, 0) is 0 Å². The lowest BCUT2D eigenvalue weighted by molar-refractivity contribution is 0.331. The fraction of sp³-hybridized carbons (Fsp3) is 0.333. The van der Waals surface area contributed by atoms with Crippen molar-refractivity contribution in [3.05, 3.63) is 66.4 Å². The summed E-state index contributed by atoms with van der Waals surface area (Å²) in [4.78, 5) is 4.77. The number of rotatable bonds is 4. The number of benzene rings is 1. The average Bonchev–Trinajstić information content (AvgIpc) is 2.46. The Morgan fingerprint density at radius 2 is 1.60 bits per heavy atom. The molecule has 0 bridgehead atoms. The van der Waals surface area contributed by atoms with Crippen molar-refractivity contribution in [3.63, 3.8) is 0 Å². The Bertz CT molecular complexity index is 503. The molecule has 1 aliphatic heterocycles. The largest absolute Gasteiger partial charge is 0.368 e. The maximum absolute atomic E-state index is 4.14. The molecule has 2 rings (SSSR count). The van der Waals surface area contributed by atoms with Crippen molar-refractivity contribution >= 4 is 5.69 Å². The van der Waals surface area contributed by atoms with Crippen molar-refractivity contribution in [3.8, 4) is 0 Å². The van der Waals surface area contributed by atoms with E-state index in [-0.39, 0.29) is 0 Å².